The number of nitrogens with zero attached hydrogens (tertiary/aromatic N) is 1. The highest BCUT2D eigenvalue weighted by molar-refractivity contribution is 6.74. The molecule has 0 heterocycles. The van der Waals surface area contributed by atoms with Gasteiger partial charge in [0.15, 0.2) is 8.32 Å². The Morgan fingerprint density at radius 1 is 1.00 bits per heavy atom. The van der Waals surface area contributed by atoms with E-state index < -0.39 is 26.6 Å². The molecule has 6 heteroatoms. The molecule has 0 aliphatic heterocycles. The normalized spacial score (nSPS) is 14.0. The third-order valence-corrected chi connectivity index (χ3v) is 10.5. The molecular formula is C25H37NO4Si. The van der Waals surface area contributed by atoms with Gasteiger partial charge in [-0.1, -0.05) is 81.4 Å². The van der Waals surface area contributed by atoms with Crippen molar-refractivity contribution in [1.82, 2.24) is 4.90 Å². The van der Waals surface area contributed by atoms with Gasteiger partial charge in [0.1, 0.15) is 6.61 Å². The Labute approximate surface area is 188 Å². The molecule has 0 bridgehead atoms. The standard InChI is InChI=1S/C25H37NO4Si/c1-20(27)23(19-30-31(5,6)25(2,3)4)26(17-21-13-9-7-10-14-21)24(28)29-18-22-15-11-8-12-16-22/h7-16,20,23,27H,17-19H2,1-6H3. The van der Waals surface area contributed by atoms with Gasteiger partial charge in [0.25, 0.3) is 0 Å². The fourth-order valence-electron chi connectivity index (χ4n) is 2.90. The summed E-state index contributed by atoms with van der Waals surface area (Å²) >= 11 is 0. The number of benzene rings is 2. The van der Waals surface area contributed by atoms with Gasteiger partial charge < -0.3 is 14.3 Å². The molecule has 1 N–H and O–H groups in total. The van der Waals surface area contributed by atoms with Crippen LogP contribution in [0.5, 0.6) is 0 Å². The van der Waals surface area contributed by atoms with E-state index in [1.54, 1.807) is 11.8 Å². The molecule has 0 saturated carbocycles. The number of rotatable bonds is 9. The molecule has 2 unspecified atom stereocenters. The second-order valence-electron chi connectivity index (χ2n) is 9.53. The second-order valence-corrected chi connectivity index (χ2v) is 14.3. The molecule has 0 fully saturated rings. The molecule has 31 heavy (non-hydrogen) atoms. The Hall–Kier alpha value is -2.15. The smallest absolute Gasteiger partial charge is 0.410 e. The Bertz CT molecular complexity index is 803. The summed E-state index contributed by atoms with van der Waals surface area (Å²) in [5.41, 5.74) is 1.89. The minimum absolute atomic E-state index is 0.0360. The van der Waals surface area contributed by atoms with Crippen molar-refractivity contribution < 1.29 is 19.1 Å². The van der Waals surface area contributed by atoms with E-state index >= 15 is 0 Å². The second kappa shape index (κ2) is 10.9. The van der Waals surface area contributed by atoms with Crippen LogP contribution in [0.15, 0.2) is 60.7 Å². The number of hydrogen-bond donors (Lipinski definition) is 1. The van der Waals surface area contributed by atoms with Crippen LogP contribution in [0.1, 0.15) is 38.8 Å². The molecule has 0 spiro atoms. The zero-order chi connectivity index (χ0) is 23.1. The van der Waals surface area contributed by atoms with Crippen molar-refractivity contribution in [1.29, 1.82) is 0 Å². The van der Waals surface area contributed by atoms with E-state index in [-0.39, 0.29) is 18.3 Å². The number of amides is 1. The summed E-state index contributed by atoms with van der Waals surface area (Å²) in [5, 5.41) is 10.6. The SMILES string of the molecule is CC(O)C(CO[Si](C)(C)C(C)(C)C)N(Cc1ccccc1)C(=O)OCc1ccccc1. The quantitative estimate of drug-likeness (QED) is 0.513. The third kappa shape index (κ3) is 7.49. The van der Waals surface area contributed by atoms with Gasteiger partial charge in [-0.3, -0.25) is 4.90 Å². The molecule has 5 nitrogen and oxygen atoms in total. The number of hydrogen-bond acceptors (Lipinski definition) is 4. The number of ether oxygens (including phenoxy) is 1. The fraction of sp³-hybridized carbons (Fsp3) is 0.480. The minimum Gasteiger partial charge on any atom is -0.445 e. The molecule has 2 aromatic carbocycles. The van der Waals surface area contributed by atoms with Crippen molar-refractivity contribution in [3.63, 3.8) is 0 Å². The highest BCUT2D eigenvalue weighted by Gasteiger charge is 2.39. The molecule has 2 rings (SSSR count). The predicted molar refractivity (Wildman–Crippen MR) is 127 cm³/mol. The van der Waals surface area contributed by atoms with Crippen LogP contribution in [-0.2, 0) is 22.3 Å². The molecule has 0 aliphatic carbocycles. The molecule has 0 aromatic heterocycles. The molecule has 2 aromatic rings. The number of carbonyl (C=O) groups excluding carboxylic acids is 1. The third-order valence-electron chi connectivity index (χ3n) is 6.01. The lowest BCUT2D eigenvalue weighted by atomic mass is 10.1. The average molecular weight is 444 g/mol. The lowest BCUT2D eigenvalue weighted by Crippen LogP contribution is -2.51. The Morgan fingerprint density at radius 2 is 1.52 bits per heavy atom. The van der Waals surface area contributed by atoms with Crippen LogP contribution in [-0.4, -0.2) is 43.2 Å². The first-order chi connectivity index (χ1) is 14.5. The maximum Gasteiger partial charge on any atom is 0.410 e. The lowest BCUT2D eigenvalue weighted by molar-refractivity contribution is 0.0130. The molecule has 0 radical (unpaired) electrons. The molecular weight excluding hydrogens is 406 g/mol. The van der Waals surface area contributed by atoms with E-state index in [9.17, 15) is 9.90 Å². The number of aliphatic hydroxyl groups is 1. The van der Waals surface area contributed by atoms with Gasteiger partial charge in [-0.2, -0.15) is 0 Å². The molecule has 1 amide bonds. The number of aliphatic hydroxyl groups excluding tert-OH is 1. The van der Waals surface area contributed by atoms with Crippen LogP contribution in [0.25, 0.3) is 0 Å². The molecule has 170 valence electrons. The summed E-state index contributed by atoms with van der Waals surface area (Å²) in [6.45, 7) is 13.3. The summed E-state index contributed by atoms with van der Waals surface area (Å²) in [6, 6.07) is 18.8. The lowest BCUT2D eigenvalue weighted by Gasteiger charge is -2.40. The van der Waals surface area contributed by atoms with Crippen molar-refractivity contribution in [3.05, 3.63) is 71.8 Å². The topological polar surface area (TPSA) is 59.0 Å². The van der Waals surface area contributed by atoms with Crippen molar-refractivity contribution >= 4 is 14.4 Å². The van der Waals surface area contributed by atoms with Gasteiger partial charge in [-0.15, -0.1) is 0 Å². The summed E-state index contributed by atoms with van der Waals surface area (Å²) < 4.78 is 12.0. The van der Waals surface area contributed by atoms with Gasteiger partial charge in [0.05, 0.1) is 18.8 Å². The first kappa shape index (κ1) is 25.1. The molecule has 0 aliphatic rings. The maximum atomic E-state index is 13.1. The first-order valence-corrected chi connectivity index (χ1v) is 13.8. The fourth-order valence-corrected chi connectivity index (χ4v) is 3.92. The van der Waals surface area contributed by atoms with Crippen molar-refractivity contribution in [2.75, 3.05) is 6.61 Å². The van der Waals surface area contributed by atoms with Gasteiger partial charge in [0.2, 0.25) is 0 Å². The van der Waals surface area contributed by atoms with E-state index in [1.165, 1.54) is 0 Å². The zero-order valence-electron chi connectivity index (χ0n) is 19.7. The van der Waals surface area contributed by atoms with E-state index in [1.807, 2.05) is 60.7 Å². The van der Waals surface area contributed by atoms with Crippen molar-refractivity contribution in [2.24, 2.45) is 0 Å². The highest BCUT2D eigenvalue weighted by atomic mass is 28.4. The predicted octanol–water partition coefficient (Wildman–Crippen LogP) is 5.60. The van der Waals surface area contributed by atoms with E-state index in [0.29, 0.717) is 6.54 Å². The maximum absolute atomic E-state index is 13.1. The van der Waals surface area contributed by atoms with Gasteiger partial charge >= 0.3 is 6.09 Å². The van der Waals surface area contributed by atoms with Crippen LogP contribution in [0.3, 0.4) is 0 Å². The van der Waals surface area contributed by atoms with Crippen LogP contribution in [0.2, 0.25) is 18.1 Å². The van der Waals surface area contributed by atoms with Crippen LogP contribution in [0.4, 0.5) is 4.79 Å². The largest absolute Gasteiger partial charge is 0.445 e. The van der Waals surface area contributed by atoms with E-state index in [4.69, 9.17) is 9.16 Å². The van der Waals surface area contributed by atoms with Gasteiger partial charge in [-0.25, -0.2) is 4.79 Å². The van der Waals surface area contributed by atoms with E-state index in [0.717, 1.165) is 11.1 Å². The Kier molecular flexibility index (Phi) is 8.86. The van der Waals surface area contributed by atoms with Crippen molar-refractivity contribution in [3.8, 4) is 0 Å². The van der Waals surface area contributed by atoms with Gasteiger partial charge in [0, 0.05) is 6.54 Å². The van der Waals surface area contributed by atoms with Crippen molar-refractivity contribution in [2.45, 2.75) is 71.1 Å². The van der Waals surface area contributed by atoms with Crippen LogP contribution in [0, 0.1) is 0 Å². The van der Waals surface area contributed by atoms with E-state index in [2.05, 4.69) is 33.9 Å². The minimum atomic E-state index is -2.05. The molecule has 0 saturated heterocycles. The van der Waals surface area contributed by atoms with Gasteiger partial charge in [-0.05, 0) is 36.2 Å². The summed E-state index contributed by atoms with van der Waals surface area (Å²) in [7, 11) is -2.05. The molecule has 2 atom stereocenters. The first-order valence-electron chi connectivity index (χ1n) is 10.8. The highest BCUT2D eigenvalue weighted by Crippen LogP contribution is 2.36. The monoisotopic (exact) mass is 443 g/mol. The number of carbonyl (C=O) groups is 1. The summed E-state index contributed by atoms with van der Waals surface area (Å²) in [6.07, 6.45) is -1.23. The average Bonchev–Trinajstić information content (AvgIpc) is 2.71. The summed E-state index contributed by atoms with van der Waals surface area (Å²) in [5.74, 6) is 0. The van der Waals surface area contributed by atoms with Crippen LogP contribution < -0.4 is 0 Å². The Balaban J connectivity index is 2.21. The Morgan fingerprint density at radius 3 is 2.00 bits per heavy atom. The summed E-state index contributed by atoms with van der Waals surface area (Å²) in [4.78, 5) is 14.7. The zero-order valence-corrected chi connectivity index (χ0v) is 20.7. The van der Waals surface area contributed by atoms with Crippen LogP contribution >= 0.6 is 0 Å².